The normalized spacial score (nSPS) is 12.0. The zero-order valence-electron chi connectivity index (χ0n) is 25.7. The summed E-state index contributed by atoms with van der Waals surface area (Å²) in [6, 6.07) is 25.3. The summed E-state index contributed by atoms with van der Waals surface area (Å²) < 4.78 is 4.94. The smallest absolute Gasteiger partial charge is 0.318 e. The molecule has 44 heavy (non-hydrogen) atoms. The van der Waals surface area contributed by atoms with Crippen LogP contribution in [-0.4, -0.2) is 39.3 Å². The number of tetrazole rings is 1. The summed E-state index contributed by atoms with van der Waals surface area (Å²) in [5.41, 5.74) is 4.51. The van der Waals surface area contributed by atoms with Crippen molar-refractivity contribution in [2.75, 3.05) is 0 Å². The predicted octanol–water partition coefficient (Wildman–Crippen LogP) is 5.49. The molecule has 0 bridgehead atoms. The lowest BCUT2D eigenvalue weighted by Crippen LogP contribution is -2.40. The molecule has 3 heterocycles. The summed E-state index contributed by atoms with van der Waals surface area (Å²) in [6.45, 7) is 11.4. The number of hydrogen-bond acceptors (Lipinski definition) is 6. The van der Waals surface area contributed by atoms with E-state index in [0.717, 1.165) is 28.1 Å². The van der Waals surface area contributed by atoms with E-state index in [9.17, 15) is 9.59 Å². The van der Waals surface area contributed by atoms with Crippen molar-refractivity contribution >= 4 is 11.2 Å². The summed E-state index contributed by atoms with van der Waals surface area (Å²) in [6.07, 6.45) is 0.638. The zero-order valence-corrected chi connectivity index (χ0v) is 25.7. The molecule has 1 N–H and O–H groups in total. The number of imidazole rings is 1. The van der Waals surface area contributed by atoms with E-state index >= 15 is 0 Å². The Kier molecular flexibility index (Phi) is 7.59. The molecule has 0 fully saturated rings. The van der Waals surface area contributed by atoms with Crippen LogP contribution >= 0.6 is 0 Å². The SMILES string of the molecule is CC(C)Cn1c(=O)n(-c2ccccc2)c(=O)c2c1nc(CC(C)(C)C)n2Cc1ccc(-c2ccccc2-c2nnn[nH]2)cc1. The second-order valence-electron chi connectivity index (χ2n) is 12.8. The molecule has 6 rings (SSSR count). The summed E-state index contributed by atoms with van der Waals surface area (Å²) in [5.74, 6) is 1.56. The number of aromatic nitrogens is 8. The molecular formula is C34H36N8O2. The van der Waals surface area contributed by atoms with Crippen LogP contribution in [0.5, 0.6) is 0 Å². The quantitative estimate of drug-likeness (QED) is 0.251. The molecule has 0 saturated heterocycles. The van der Waals surface area contributed by atoms with Crippen molar-refractivity contribution in [3.63, 3.8) is 0 Å². The number of aromatic amines is 1. The Balaban J connectivity index is 1.51. The number of nitrogens with zero attached hydrogens (tertiary/aromatic N) is 7. The van der Waals surface area contributed by atoms with Gasteiger partial charge in [-0.1, -0.05) is 101 Å². The van der Waals surface area contributed by atoms with Crippen molar-refractivity contribution < 1.29 is 0 Å². The first-order valence-corrected chi connectivity index (χ1v) is 14.8. The number of fused-ring (bicyclic) bond motifs is 1. The molecule has 3 aromatic heterocycles. The van der Waals surface area contributed by atoms with Crippen molar-refractivity contribution in [2.45, 2.75) is 54.1 Å². The fourth-order valence-corrected chi connectivity index (χ4v) is 5.59. The van der Waals surface area contributed by atoms with Gasteiger partial charge in [0.2, 0.25) is 0 Å². The average molecular weight is 589 g/mol. The molecule has 0 aliphatic carbocycles. The Morgan fingerprint density at radius 3 is 2.16 bits per heavy atom. The minimum absolute atomic E-state index is 0.0934. The van der Waals surface area contributed by atoms with E-state index < -0.39 is 0 Å². The Hall–Kier alpha value is -5.12. The molecule has 0 amide bonds. The third-order valence-corrected chi connectivity index (χ3v) is 7.50. The van der Waals surface area contributed by atoms with E-state index in [0.29, 0.717) is 42.2 Å². The molecule has 0 atom stereocenters. The Labute approximate surface area is 255 Å². The van der Waals surface area contributed by atoms with E-state index in [2.05, 4.69) is 79.5 Å². The van der Waals surface area contributed by atoms with Crippen molar-refractivity contribution in [1.29, 1.82) is 0 Å². The van der Waals surface area contributed by atoms with Gasteiger partial charge in [-0.05, 0) is 50.6 Å². The summed E-state index contributed by atoms with van der Waals surface area (Å²) in [7, 11) is 0. The number of hydrogen-bond donors (Lipinski definition) is 1. The molecule has 0 aliphatic rings. The van der Waals surface area contributed by atoms with Crippen LogP contribution in [0.4, 0.5) is 0 Å². The molecular weight excluding hydrogens is 552 g/mol. The van der Waals surface area contributed by atoms with Crippen LogP contribution in [0.2, 0.25) is 0 Å². The first-order valence-electron chi connectivity index (χ1n) is 14.8. The van der Waals surface area contributed by atoms with Crippen LogP contribution < -0.4 is 11.2 Å². The van der Waals surface area contributed by atoms with Gasteiger partial charge in [0.05, 0.1) is 5.69 Å². The molecule has 10 heteroatoms. The zero-order chi connectivity index (χ0) is 31.0. The summed E-state index contributed by atoms with van der Waals surface area (Å²) >= 11 is 0. The number of rotatable bonds is 8. The van der Waals surface area contributed by atoms with Crippen LogP contribution in [0.1, 0.15) is 46.0 Å². The van der Waals surface area contributed by atoms with Gasteiger partial charge < -0.3 is 4.57 Å². The fraction of sp³-hybridized carbons (Fsp3) is 0.294. The highest BCUT2D eigenvalue weighted by Gasteiger charge is 2.25. The first-order chi connectivity index (χ1) is 21.1. The molecule has 0 saturated carbocycles. The fourth-order valence-electron chi connectivity index (χ4n) is 5.59. The van der Waals surface area contributed by atoms with Crippen molar-refractivity contribution in [3.05, 3.63) is 111 Å². The summed E-state index contributed by atoms with van der Waals surface area (Å²) in [5, 5.41) is 14.4. The summed E-state index contributed by atoms with van der Waals surface area (Å²) in [4.78, 5) is 33.1. The Morgan fingerprint density at radius 2 is 1.52 bits per heavy atom. The average Bonchev–Trinajstić information content (AvgIpc) is 3.65. The molecule has 0 unspecified atom stereocenters. The number of benzene rings is 3. The molecule has 0 aliphatic heterocycles. The van der Waals surface area contributed by atoms with Crippen LogP contribution in [-0.2, 0) is 19.5 Å². The van der Waals surface area contributed by atoms with E-state index in [1.807, 2.05) is 47.0 Å². The van der Waals surface area contributed by atoms with E-state index in [1.165, 1.54) is 4.57 Å². The minimum atomic E-state index is -0.376. The second-order valence-corrected chi connectivity index (χ2v) is 12.8. The molecule has 6 aromatic rings. The topological polar surface area (TPSA) is 116 Å². The third kappa shape index (κ3) is 5.62. The first kappa shape index (κ1) is 29.0. The monoisotopic (exact) mass is 588 g/mol. The Bertz CT molecular complexity index is 2030. The standard InChI is InChI=1S/C34H36N8O2/c1-22(2)20-41-31-29(32(43)42(33(41)44)25-11-7-6-8-12-25)40(28(35-31)19-34(3,4)5)21-23-15-17-24(18-16-23)26-13-9-10-14-27(26)30-36-38-39-37-30/h6-18,22H,19-21H2,1-5H3,(H,36,37,38,39). The van der Waals surface area contributed by atoms with Gasteiger partial charge in [0.25, 0.3) is 5.56 Å². The van der Waals surface area contributed by atoms with Crippen molar-refractivity contribution in [3.8, 4) is 28.2 Å². The van der Waals surface area contributed by atoms with Gasteiger partial charge in [-0.2, -0.15) is 0 Å². The molecule has 224 valence electrons. The van der Waals surface area contributed by atoms with Crippen LogP contribution in [0.3, 0.4) is 0 Å². The third-order valence-electron chi connectivity index (χ3n) is 7.50. The van der Waals surface area contributed by atoms with Crippen LogP contribution in [0, 0.1) is 11.3 Å². The maximum atomic E-state index is 14.2. The number of para-hydroxylation sites is 1. The van der Waals surface area contributed by atoms with Crippen molar-refractivity contribution in [1.82, 2.24) is 39.3 Å². The Morgan fingerprint density at radius 1 is 0.841 bits per heavy atom. The maximum absolute atomic E-state index is 14.2. The lowest BCUT2D eigenvalue weighted by Gasteiger charge is -2.19. The molecule has 0 radical (unpaired) electrons. The van der Waals surface area contributed by atoms with Gasteiger partial charge in [0.15, 0.2) is 17.0 Å². The van der Waals surface area contributed by atoms with Crippen LogP contribution in [0.25, 0.3) is 39.4 Å². The lowest BCUT2D eigenvalue weighted by atomic mass is 9.92. The van der Waals surface area contributed by atoms with Gasteiger partial charge in [0.1, 0.15) is 5.82 Å². The lowest BCUT2D eigenvalue weighted by molar-refractivity contribution is 0.394. The maximum Gasteiger partial charge on any atom is 0.337 e. The second kappa shape index (κ2) is 11.5. The number of H-pyrrole nitrogens is 1. The van der Waals surface area contributed by atoms with Crippen molar-refractivity contribution in [2.24, 2.45) is 11.3 Å². The van der Waals surface area contributed by atoms with Crippen LogP contribution in [0.15, 0.2) is 88.5 Å². The molecule has 0 spiro atoms. The van der Waals surface area contributed by atoms with E-state index in [1.54, 1.807) is 16.7 Å². The minimum Gasteiger partial charge on any atom is -0.318 e. The van der Waals surface area contributed by atoms with Gasteiger partial charge in [-0.3, -0.25) is 9.36 Å². The van der Waals surface area contributed by atoms with E-state index in [4.69, 9.17) is 4.98 Å². The van der Waals surface area contributed by atoms with Gasteiger partial charge in [-0.15, -0.1) is 5.10 Å². The highest BCUT2D eigenvalue weighted by Crippen LogP contribution is 2.30. The van der Waals surface area contributed by atoms with Gasteiger partial charge in [0, 0.05) is 25.1 Å². The largest absolute Gasteiger partial charge is 0.337 e. The van der Waals surface area contributed by atoms with E-state index in [-0.39, 0.29) is 22.6 Å². The highest BCUT2D eigenvalue weighted by molar-refractivity contribution is 5.80. The number of nitrogens with one attached hydrogen (secondary N) is 1. The van der Waals surface area contributed by atoms with Gasteiger partial charge >= 0.3 is 5.69 Å². The molecule has 3 aromatic carbocycles. The predicted molar refractivity (Wildman–Crippen MR) is 172 cm³/mol. The highest BCUT2D eigenvalue weighted by atomic mass is 16.2. The van der Waals surface area contributed by atoms with Gasteiger partial charge in [-0.25, -0.2) is 19.4 Å². The molecule has 10 nitrogen and oxygen atoms in total.